The Morgan fingerprint density at radius 1 is 1.11 bits per heavy atom. The lowest BCUT2D eigenvalue weighted by molar-refractivity contribution is 0.977. The molecule has 0 amide bonds. The first-order valence-electron chi connectivity index (χ1n) is 8.63. The molecule has 0 saturated heterocycles. The first-order chi connectivity index (χ1) is 13.1. The van der Waals surface area contributed by atoms with E-state index in [1.807, 2.05) is 30.3 Å². The van der Waals surface area contributed by atoms with Crippen molar-refractivity contribution >= 4 is 23.1 Å². The van der Waals surface area contributed by atoms with Crippen LogP contribution in [0.5, 0.6) is 0 Å². The minimum atomic E-state index is -0.213. The highest BCUT2D eigenvalue weighted by Gasteiger charge is 2.14. The number of aromatic nitrogens is 3. The summed E-state index contributed by atoms with van der Waals surface area (Å²) in [6, 6.07) is 19.9. The molecular weight excluding hydrogens is 338 g/mol. The number of aryl methyl sites for hydroxylation is 2. The molecule has 0 atom stereocenters. The molecule has 0 fully saturated rings. The van der Waals surface area contributed by atoms with Crippen molar-refractivity contribution in [3.63, 3.8) is 0 Å². The minimum absolute atomic E-state index is 0.213. The van der Waals surface area contributed by atoms with Crippen molar-refractivity contribution in [1.82, 2.24) is 14.5 Å². The smallest absolute Gasteiger partial charge is 0.252 e. The van der Waals surface area contributed by atoms with E-state index in [-0.39, 0.29) is 5.56 Å². The lowest BCUT2D eigenvalue weighted by Gasteiger charge is -2.06. The van der Waals surface area contributed by atoms with Crippen LogP contribution in [0.1, 0.15) is 11.3 Å². The van der Waals surface area contributed by atoms with Crippen LogP contribution in [-0.4, -0.2) is 20.7 Å². The highest BCUT2D eigenvalue weighted by Crippen LogP contribution is 2.31. The molecule has 134 valence electrons. The Morgan fingerprint density at radius 3 is 2.63 bits per heavy atom. The quantitative estimate of drug-likeness (QED) is 0.432. The summed E-state index contributed by atoms with van der Waals surface area (Å²) < 4.78 is 2.17. The largest absolute Gasteiger partial charge is 0.343 e. The third kappa shape index (κ3) is 3.25. The molecule has 0 spiro atoms. The third-order valence-electron chi connectivity index (χ3n) is 4.43. The van der Waals surface area contributed by atoms with E-state index >= 15 is 0 Å². The molecular formula is C21H19N5O. The molecule has 4 rings (SSSR count). The summed E-state index contributed by atoms with van der Waals surface area (Å²) in [4.78, 5) is 18.4. The van der Waals surface area contributed by atoms with E-state index < -0.39 is 0 Å². The molecule has 6 nitrogen and oxygen atoms in total. The van der Waals surface area contributed by atoms with E-state index in [4.69, 9.17) is 0 Å². The molecule has 0 bridgehead atoms. The second kappa shape index (κ2) is 6.92. The predicted octanol–water partition coefficient (Wildman–Crippen LogP) is 3.68. The van der Waals surface area contributed by atoms with Crippen molar-refractivity contribution in [2.75, 3.05) is 5.43 Å². The molecule has 4 aromatic rings. The van der Waals surface area contributed by atoms with Gasteiger partial charge in [0, 0.05) is 35.3 Å². The Bertz CT molecular complexity index is 1190. The summed E-state index contributed by atoms with van der Waals surface area (Å²) in [5, 5.41) is 5.43. The Labute approximate surface area is 156 Å². The van der Waals surface area contributed by atoms with Crippen LogP contribution in [0.2, 0.25) is 0 Å². The number of hydrogen-bond donors (Lipinski definition) is 2. The SMILES string of the molecule is Cc1cc(=O)[nH]c(N/N=C\c2c(-c3ccccc3)n(C)c3ccccc23)n1. The molecule has 0 radical (unpaired) electrons. The predicted molar refractivity (Wildman–Crippen MR) is 109 cm³/mol. The maximum atomic E-state index is 11.6. The van der Waals surface area contributed by atoms with Gasteiger partial charge < -0.3 is 4.57 Å². The molecule has 0 aliphatic heterocycles. The number of benzene rings is 2. The van der Waals surface area contributed by atoms with Crippen molar-refractivity contribution in [1.29, 1.82) is 0 Å². The topological polar surface area (TPSA) is 75.1 Å². The monoisotopic (exact) mass is 357 g/mol. The average Bonchev–Trinajstić information content (AvgIpc) is 2.94. The van der Waals surface area contributed by atoms with Crippen LogP contribution in [0.15, 0.2) is 70.6 Å². The fourth-order valence-corrected chi connectivity index (χ4v) is 3.29. The number of nitrogens with one attached hydrogen (secondary N) is 2. The Hall–Kier alpha value is -3.67. The van der Waals surface area contributed by atoms with Gasteiger partial charge in [-0.05, 0) is 18.6 Å². The van der Waals surface area contributed by atoms with Crippen molar-refractivity contribution in [3.8, 4) is 11.3 Å². The Morgan fingerprint density at radius 2 is 1.85 bits per heavy atom. The van der Waals surface area contributed by atoms with E-state index in [0.717, 1.165) is 27.7 Å². The fourth-order valence-electron chi connectivity index (χ4n) is 3.29. The van der Waals surface area contributed by atoms with Crippen molar-refractivity contribution < 1.29 is 0 Å². The lowest BCUT2D eigenvalue weighted by atomic mass is 10.1. The summed E-state index contributed by atoms with van der Waals surface area (Å²) in [7, 11) is 2.05. The van der Waals surface area contributed by atoms with Crippen LogP contribution in [0, 0.1) is 6.92 Å². The number of anilines is 1. The van der Waals surface area contributed by atoms with Crippen LogP contribution < -0.4 is 11.0 Å². The molecule has 0 aliphatic rings. The highest BCUT2D eigenvalue weighted by molar-refractivity contribution is 6.06. The van der Waals surface area contributed by atoms with Crippen LogP contribution in [0.4, 0.5) is 5.95 Å². The summed E-state index contributed by atoms with van der Waals surface area (Å²) in [6.07, 6.45) is 1.77. The maximum absolute atomic E-state index is 11.6. The van der Waals surface area contributed by atoms with Gasteiger partial charge in [-0.1, -0.05) is 48.5 Å². The third-order valence-corrected chi connectivity index (χ3v) is 4.43. The summed E-state index contributed by atoms with van der Waals surface area (Å²) in [6.45, 7) is 1.77. The number of hydrogen-bond acceptors (Lipinski definition) is 4. The van der Waals surface area contributed by atoms with E-state index in [1.165, 1.54) is 6.07 Å². The second-order valence-corrected chi connectivity index (χ2v) is 6.31. The van der Waals surface area contributed by atoms with Gasteiger partial charge in [0.15, 0.2) is 0 Å². The van der Waals surface area contributed by atoms with Crippen LogP contribution in [0.3, 0.4) is 0 Å². The lowest BCUT2D eigenvalue weighted by Crippen LogP contribution is -2.10. The van der Waals surface area contributed by atoms with Gasteiger partial charge in [0.25, 0.3) is 5.56 Å². The number of fused-ring (bicyclic) bond motifs is 1. The zero-order chi connectivity index (χ0) is 18.8. The molecule has 2 aromatic heterocycles. The normalized spacial score (nSPS) is 11.3. The van der Waals surface area contributed by atoms with E-state index in [0.29, 0.717) is 11.6 Å². The molecule has 27 heavy (non-hydrogen) atoms. The van der Waals surface area contributed by atoms with E-state index in [1.54, 1.807) is 13.1 Å². The molecule has 0 aliphatic carbocycles. The van der Waals surface area contributed by atoms with Crippen LogP contribution in [-0.2, 0) is 7.05 Å². The minimum Gasteiger partial charge on any atom is -0.343 e. The van der Waals surface area contributed by atoms with Gasteiger partial charge in [-0.25, -0.2) is 10.4 Å². The molecule has 6 heteroatoms. The van der Waals surface area contributed by atoms with Gasteiger partial charge >= 0.3 is 0 Å². The first-order valence-corrected chi connectivity index (χ1v) is 8.63. The molecule has 2 aromatic carbocycles. The summed E-state index contributed by atoms with van der Waals surface area (Å²) >= 11 is 0. The molecule has 0 unspecified atom stereocenters. The van der Waals surface area contributed by atoms with Gasteiger partial charge in [-0.3, -0.25) is 9.78 Å². The standard InChI is InChI=1S/C21H19N5O/c1-14-12-19(27)24-21(23-14)25-22-13-17-16-10-6-7-11-18(16)26(2)20(17)15-8-4-3-5-9-15/h3-13H,1-2H3,(H2,23,24,25,27)/b22-13-. The number of rotatable bonds is 4. The molecule has 2 heterocycles. The zero-order valence-electron chi connectivity index (χ0n) is 15.1. The number of nitrogens with zero attached hydrogens (tertiary/aromatic N) is 3. The van der Waals surface area contributed by atoms with Crippen molar-refractivity contribution in [2.45, 2.75) is 6.92 Å². The van der Waals surface area contributed by atoms with Gasteiger partial charge in [0.2, 0.25) is 5.95 Å². The fraction of sp³-hybridized carbons (Fsp3) is 0.0952. The molecule has 0 saturated carbocycles. The number of aromatic amines is 1. The van der Waals surface area contributed by atoms with Gasteiger partial charge in [-0.15, -0.1) is 0 Å². The van der Waals surface area contributed by atoms with Crippen LogP contribution >= 0.6 is 0 Å². The summed E-state index contributed by atoms with van der Waals surface area (Å²) in [5.74, 6) is 0.317. The molecule has 2 N–H and O–H groups in total. The first kappa shape index (κ1) is 16.8. The van der Waals surface area contributed by atoms with Gasteiger partial charge in [-0.2, -0.15) is 5.10 Å². The highest BCUT2D eigenvalue weighted by atomic mass is 16.1. The second-order valence-electron chi connectivity index (χ2n) is 6.31. The van der Waals surface area contributed by atoms with E-state index in [9.17, 15) is 4.79 Å². The maximum Gasteiger partial charge on any atom is 0.252 e. The average molecular weight is 357 g/mol. The van der Waals surface area contributed by atoms with Crippen LogP contribution in [0.25, 0.3) is 22.2 Å². The van der Waals surface area contributed by atoms with Crippen molar-refractivity contribution in [3.05, 3.63) is 82.3 Å². The Kier molecular flexibility index (Phi) is 4.30. The number of hydrazone groups is 1. The van der Waals surface area contributed by atoms with Crippen molar-refractivity contribution in [2.24, 2.45) is 12.1 Å². The van der Waals surface area contributed by atoms with Gasteiger partial charge in [0.05, 0.1) is 11.9 Å². The number of para-hydroxylation sites is 1. The van der Waals surface area contributed by atoms with E-state index in [2.05, 4.69) is 56.4 Å². The number of H-pyrrole nitrogens is 1. The zero-order valence-corrected chi connectivity index (χ0v) is 15.1. The summed E-state index contributed by atoms with van der Waals surface area (Å²) in [5.41, 5.74) is 7.55. The van der Waals surface area contributed by atoms with Gasteiger partial charge in [0.1, 0.15) is 0 Å². The Balaban J connectivity index is 1.79.